The summed E-state index contributed by atoms with van der Waals surface area (Å²) in [7, 11) is 0. The molecule has 0 N–H and O–H groups in total. The van der Waals surface area contributed by atoms with E-state index in [2.05, 4.69) is 139 Å². The Hall–Kier alpha value is -3.97. The molecule has 0 bridgehead atoms. The number of pyridine rings is 1. The maximum Gasteiger partial charge on any atom is 0.0725 e. The molecule has 2 aliphatic carbocycles. The van der Waals surface area contributed by atoms with Gasteiger partial charge in [0.25, 0.3) is 0 Å². The van der Waals surface area contributed by atoms with E-state index in [1.807, 2.05) is 6.20 Å². The summed E-state index contributed by atoms with van der Waals surface area (Å²) in [5, 5.41) is 0. The van der Waals surface area contributed by atoms with Crippen molar-refractivity contribution in [3.63, 3.8) is 0 Å². The molecule has 0 unspecified atom stereocenters. The summed E-state index contributed by atoms with van der Waals surface area (Å²) >= 11 is 0. The Kier molecular flexibility index (Phi) is 4.96. The highest BCUT2D eigenvalue weighted by molar-refractivity contribution is 5.96. The van der Waals surface area contributed by atoms with Crippen LogP contribution in [0.25, 0.3) is 33.4 Å². The van der Waals surface area contributed by atoms with Crippen molar-refractivity contribution < 1.29 is 0 Å². The standard InChI is InChI=1S/C38H35N/c1-36(2,3)26-17-19-30-29-18-15-24(25-16-20-35(39-23-25)37(4,5)6)21-33(29)38(34(30)22-26)31-13-9-7-11-27(31)28-12-8-10-14-32(28)38/h7-23H,1-6H3. The van der Waals surface area contributed by atoms with E-state index in [9.17, 15) is 0 Å². The molecule has 1 heteroatoms. The third kappa shape index (κ3) is 3.35. The van der Waals surface area contributed by atoms with Crippen molar-refractivity contribution in [3.05, 3.63) is 137 Å². The van der Waals surface area contributed by atoms with Crippen LogP contribution in [0.1, 0.15) is 75.1 Å². The van der Waals surface area contributed by atoms with Crippen LogP contribution >= 0.6 is 0 Å². The highest BCUT2D eigenvalue weighted by Crippen LogP contribution is 2.63. The van der Waals surface area contributed by atoms with Gasteiger partial charge in [-0.15, -0.1) is 0 Å². The van der Waals surface area contributed by atoms with E-state index in [0.717, 1.165) is 11.3 Å². The number of hydrogen-bond acceptors (Lipinski definition) is 1. The first-order valence-electron chi connectivity index (χ1n) is 14.1. The van der Waals surface area contributed by atoms with Gasteiger partial charge in [0.1, 0.15) is 0 Å². The molecule has 0 radical (unpaired) electrons. The first kappa shape index (κ1) is 24.1. The molecule has 1 spiro atoms. The van der Waals surface area contributed by atoms with Crippen LogP contribution in [0.15, 0.2) is 103 Å². The minimum Gasteiger partial charge on any atom is -0.260 e. The minimum absolute atomic E-state index is 0.0319. The Morgan fingerprint density at radius 3 is 1.59 bits per heavy atom. The van der Waals surface area contributed by atoms with E-state index in [1.165, 1.54) is 55.6 Å². The summed E-state index contributed by atoms with van der Waals surface area (Å²) < 4.78 is 0. The SMILES string of the molecule is CC(C)(C)c1ccc2c(c1)C1(c3ccccc3-c3ccccc31)c1cc(-c3ccc(C(C)(C)C)nc3)ccc1-2. The van der Waals surface area contributed by atoms with Crippen LogP contribution in [-0.2, 0) is 16.2 Å². The lowest BCUT2D eigenvalue weighted by Crippen LogP contribution is -2.26. The quantitative estimate of drug-likeness (QED) is 0.216. The van der Waals surface area contributed by atoms with Gasteiger partial charge in [-0.05, 0) is 73.2 Å². The number of benzene rings is 4. The van der Waals surface area contributed by atoms with Crippen molar-refractivity contribution in [1.29, 1.82) is 0 Å². The second-order valence-electron chi connectivity index (χ2n) is 13.3. The molecule has 0 fully saturated rings. The van der Waals surface area contributed by atoms with Crippen molar-refractivity contribution in [1.82, 2.24) is 4.98 Å². The van der Waals surface area contributed by atoms with Gasteiger partial charge in [-0.2, -0.15) is 0 Å². The van der Waals surface area contributed by atoms with Gasteiger partial charge in [-0.25, -0.2) is 0 Å². The van der Waals surface area contributed by atoms with Crippen molar-refractivity contribution in [3.8, 4) is 33.4 Å². The van der Waals surface area contributed by atoms with Crippen LogP contribution in [0.3, 0.4) is 0 Å². The van der Waals surface area contributed by atoms with Gasteiger partial charge in [-0.1, -0.05) is 126 Å². The average Bonchev–Trinajstić information content (AvgIpc) is 3.39. The second kappa shape index (κ2) is 8.02. The zero-order chi connectivity index (χ0) is 27.2. The highest BCUT2D eigenvalue weighted by atomic mass is 14.7. The van der Waals surface area contributed by atoms with E-state index in [-0.39, 0.29) is 16.2 Å². The van der Waals surface area contributed by atoms with Crippen molar-refractivity contribution in [2.24, 2.45) is 0 Å². The van der Waals surface area contributed by atoms with Crippen LogP contribution in [0.2, 0.25) is 0 Å². The van der Waals surface area contributed by atoms with Gasteiger partial charge in [0, 0.05) is 22.9 Å². The maximum atomic E-state index is 4.86. The first-order valence-corrected chi connectivity index (χ1v) is 14.1. The molecule has 4 aromatic carbocycles. The van der Waals surface area contributed by atoms with Gasteiger partial charge in [0.2, 0.25) is 0 Å². The van der Waals surface area contributed by atoms with E-state index < -0.39 is 0 Å². The molecule has 1 heterocycles. The summed E-state index contributed by atoms with van der Waals surface area (Å²) in [6.07, 6.45) is 2.05. The van der Waals surface area contributed by atoms with Gasteiger partial charge >= 0.3 is 0 Å². The third-order valence-corrected chi connectivity index (χ3v) is 8.82. The fourth-order valence-electron chi connectivity index (χ4n) is 6.79. The molecule has 0 atom stereocenters. The zero-order valence-electron chi connectivity index (χ0n) is 23.8. The second-order valence-corrected chi connectivity index (χ2v) is 13.3. The maximum absolute atomic E-state index is 4.86. The normalized spacial score (nSPS) is 14.6. The Bertz CT molecular complexity index is 1710. The van der Waals surface area contributed by atoms with E-state index >= 15 is 0 Å². The molecular weight excluding hydrogens is 470 g/mol. The monoisotopic (exact) mass is 505 g/mol. The average molecular weight is 506 g/mol. The van der Waals surface area contributed by atoms with Gasteiger partial charge in [0.05, 0.1) is 5.41 Å². The third-order valence-electron chi connectivity index (χ3n) is 8.82. The van der Waals surface area contributed by atoms with Crippen LogP contribution in [-0.4, -0.2) is 4.98 Å². The summed E-state index contributed by atoms with van der Waals surface area (Å²) in [5.41, 5.74) is 15.5. The molecule has 5 aromatic rings. The molecule has 1 aromatic heterocycles. The van der Waals surface area contributed by atoms with Crippen molar-refractivity contribution in [2.75, 3.05) is 0 Å². The lowest BCUT2D eigenvalue weighted by molar-refractivity contribution is 0.569. The predicted octanol–water partition coefficient (Wildman–Crippen LogP) is 9.69. The number of aromatic nitrogens is 1. The lowest BCUT2D eigenvalue weighted by atomic mass is 9.69. The van der Waals surface area contributed by atoms with Gasteiger partial charge in [0.15, 0.2) is 0 Å². The van der Waals surface area contributed by atoms with E-state index in [1.54, 1.807) is 0 Å². The molecular formula is C38H35N. The Morgan fingerprint density at radius 1 is 0.487 bits per heavy atom. The fourth-order valence-corrected chi connectivity index (χ4v) is 6.79. The summed E-state index contributed by atoms with van der Waals surface area (Å²) in [6.45, 7) is 13.6. The predicted molar refractivity (Wildman–Crippen MR) is 163 cm³/mol. The molecule has 7 rings (SSSR count). The molecule has 2 aliphatic rings. The number of rotatable bonds is 1. The zero-order valence-corrected chi connectivity index (χ0v) is 23.8. The molecule has 0 saturated carbocycles. The number of hydrogen-bond donors (Lipinski definition) is 0. The van der Waals surface area contributed by atoms with Crippen LogP contribution in [0.4, 0.5) is 0 Å². The topological polar surface area (TPSA) is 12.9 Å². The fraction of sp³-hybridized carbons (Fsp3) is 0.237. The summed E-state index contributed by atoms with van der Waals surface area (Å²) in [5.74, 6) is 0. The van der Waals surface area contributed by atoms with Crippen LogP contribution in [0, 0.1) is 0 Å². The van der Waals surface area contributed by atoms with Gasteiger partial charge in [-0.3, -0.25) is 4.98 Å². The largest absolute Gasteiger partial charge is 0.260 e. The van der Waals surface area contributed by atoms with Crippen LogP contribution in [0.5, 0.6) is 0 Å². The molecule has 0 aliphatic heterocycles. The minimum atomic E-state index is -0.339. The summed E-state index contributed by atoms with van der Waals surface area (Å²) in [6, 6.07) is 36.7. The van der Waals surface area contributed by atoms with Gasteiger partial charge < -0.3 is 0 Å². The smallest absolute Gasteiger partial charge is 0.0725 e. The summed E-state index contributed by atoms with van der Waals surface area (Å²) in [4.78, 5) is 4.86. The number of nitrogens with zero attached hydrogens (tertiary/aromatic N) is 1. The Balaban J connectivity index is 1.54. The van der Waals surface area contributed by atoms with Crippen LogP contribution < -0.4 is 0 Å². The van der Waals surface area contributed by atoms with Crippen molar-refractivity contribution >= 4 is 0 Å². The Morgan fingerprint density at radius 2 is 1.03 bits per heavy atom. The Labute approximate surface area is 232 Å². The molecule has 1 nitrogen and oxygen atoms in total. The molecule has 0 saturated heterocycles. The molecule has 0 amide bonds. The van der Waals surface area contributed by atoms with E-state index in [4.69, 9.17) is 4.98 Å². The molecule has 192 valence electrons. The van der Waals surface area contributed by atoms with E-state index in [0.29, 0.717) is 0 Å². The highest BCUT2D eigenvalue weighted by Gasteiger charge is 2.51. The number of fused-ring (bicyclic) bond motifs is 10. The van der Waals surface area contributed by atoms with Crippen molar-refractivity contribution in [2.45, 2.75) is 57.8 Å². The lowest BCUT2D eigenvalue weighted by Gasteiger charge is -2.32. The molecule has 39 heavy (non-hydrogen) atoms. The first-order chi connectivity index (χ1) is 18.6.